The summed E-state index contributed by atoms with van der Waals surface area (Å²) < 4.78 is 6.80. The highest BCUT2D eigenvalue weighted by molar-refractivity contribution is 6.23. The number of allylic oxidation sites excluding steroid dienone is 4. The van der Waals surface area contributed by atoms with Crippen molar-refractivity contribution in [3.8, 4) is 45.0 Å². The van der Waals surface area contributed by atoms with Gasteiger partial charge in [0.15, 0.2) is 5.82 Å². The molecule has 0 spiro atoms. The average Bonchev–Trinajstić information content (AvgIpc) is 3.72. The maximum absolute atomic E-state index is 6.80. The molecule has 11 rings (SSSR count). The van der Waals surface area contributed by atoms with Crippen molar-refractivity contribution in [3.63, 3.8) is 0 Å². The maximum atomic E-state index is 6.80. The molecule has 256 valence electrons. The van der Waals surface area contributed by atoms with Crippen LogP contribution in [-0.2, 0) is 5.41 Å². The molecule has 0 aliphatic heterocycles. The lowest BCUT2D eigenvalue weighted by Crippen LogP contribution is -2.16. The number of aromatic nitrogens is 2. The van der Waals surface area contributed by atoms with E-state index in [4.69, 9.17) is 14.4 Å². The van der Waals surface area contributed by atoms with E-state index in [1.807, 2.05) is 6.07 Å². The van der Waals surface area contributed by atoms with Gasteiger partial charge in [-0.15, -0.1) is 0 Å². The predicted molar refractivity (Wildman–Crippen MR) is 224 cm³/mol. The third kappa shape index (κ3) is 4.75. The van der Waals surface area contributed by atoms with Gasteiger partial charge >= 0.3 is 0 Å². The molecular weight excluding hydrogens is 657 g/mol. The summed E-state index contributed by atoms with van der Waals surface area (Å²) in [6.07, 6.45) is 6.85. The Morgan fingerprint density at radius 3 is 2.17 bits per heavy atom. The molecule has 0 radical (unpaired) electrons. The molecule has 0 unspecified atom stereocenters. The van der Waals surface area contributed by atoms with Crippen molar-refractivity contribution >= 4 is 49.1 Å². The molecule has 2 aliphatic carbocycles. The van der Waals surface area contributed by atoms with Crippen molar-refractivity contribution in [3.05, 3.63) is 174 Å². The van der Waals surface area contributed by atoms with E-state index in [-0.39, 0.29) is 5.41 Å². The van der Waals surface area contributed by atoms with Crippen LogP contribution in [0, 0.1) is 0 Å². The largest absolute Gasteiger partial charge is 0.455 e. The summed E-state index contributed by atoms with van der Waals surface area (Å²) in [5, 5.41) is 6.99. The minimum Gasteiger partial charge on any atom is -0.455 e. The zero-order valence-electron chi connectivity index (χ0n) is 30.2. The summed E-state index contributed by atoms with van der Waals surface area (Å²) in [7, 11) is 0. The molecule has 7 aromatic carbocycles. The topological polar surface area (TPSA) is 38.9 Å². The van der Waals surface area contributed by atoms with Gasteiger partial charge in [0.05, 0.1) is 11.4 Å². The van der Waals surface area contributed by atoms with Crippen LogP contribution in [-0.4, -0.2) is 9.97 Å². The van der Waals surface area contributed by atoms with Gasteiger partial charge in [-0.1, -0.05) is 129 Å². The van der Waals surface area contributed by atoms with Crippen LogP contribution < -0.4 is 0 Å². The first kappa shape index (κ1) is 31.0. The zero-order chi connectivity index (χ0) is 36.0. The molecule has 3 nitrogen and oxygen atoms in total. The molecule has 0 amide bonds. The Hall–Kier alpha value is -6.58. The normalized spacial score (nSPS) is 14.7. The van der Waals surface area contributed by atoms with Crippen LogP contribution >= 0.6 is 0 Å². The first-order valence-corrected chi connectivity index (χ1v) is 18.9. The Bertz CT molecular complexity index is 3070. The summed E-state index contributed by atoms with van der Waals surface area (Å²) in [5.41, 5.74) is 14.5. The fourth-order valence-corrected chi connectivity index (χ4v) is 8.98. The molecular formula is C51H36N2O. The van der Waals surface area contributed by atoms with Crippen molar-refractivity contribution < 1.29 is 4.42 Å². The Kier molecular flexibility index (Phi) is 6.72. The molecule has 3 heteroatoms. The third-order valence-electron chi connectivity index (χ3n) is 11.7. The first-order valence-electron chi connectivity index (χ1n) is 18.9. The predicted octanol–water partition coefficient (Wildman–Crippen LogP) is 13.7. The Labute approximate surface area is 314 Å². The van der Waals surface area contributed by atoms with Crippen molar-refractivity contribution in [2.24, 2.45) is 0 Å². The van der Waals surface area contributed by atoms with Crippen molar-refractivity contribution in [1.82, 2.24) is 9.97 Å². The van der Waals surface area contributed by atoms with Gasteiger partial charge in [-0.25, -0.2) is 9.97 Å². The van der Waals surface area contributed by atoms with Crippen molar-refractivity contribution in [2.45, 2.75) is 32.1 Å². The summed E-state index contributed by atoms with van der Waals surface area (Å²) in [6.45, 7) is 4.69. The van der Waals surface area contributed by atoms with E-state index in [2.05, 4.69) is 166 Å². The van der Waals surface area contributed by atoms with Crippen LogP contribution in [0.3, 0.4) is 0 Å². The second-order valence-electron chi connectivity index (χ2n) is 15.3. The number of nitrogens with zero attached hydrogens (tertiary/aromatic N) is 2. The fraction of sp³-hybridized carbons (Fsp3) is 0.0980. The maximum Gasteiger partial charge on any atom is 0.160 e. The van der Waals surface area contributed by atoms with Crippen molar-refractivity contribution in [1.29, 1.82) is 0 Å². The molecule has 2 aromatic heterocycles. The monoisotopic (exact) mass is 692 g/mol. The third-order valence-corrected chi connectivity index (χ3v) is 11.7. The number of hydrogen-bond donors (Lipinski definition) is 0. The second kappa shape index (κ2) is 11.7. The van der Waals surface area contributed by atoms with E-state index in [0.29, 0.717) is 0 Å². The van der Waals surface area contributed by atoms with E-state index in [9.17, 15) is 0 Å². The molecule has 0 bridgehead atoms. The highest BCUT2D eigenvalue weighted by Crippen LogP contribution is 2.51. The minimum absolute atomic E-state index is 0.0701. The molecule has 54 heavy (non-hydrogen) atoms. The summed E-state index contributed by atoms with van der Waals surface area (Å²) in [4.78, 5) is 10.5. The fourth-order valence-electron chi connectivity index (χ4n) is 8.98. The first-order chi connectivity index (χ1) is 26.5. The Morgan fingerprint density at radius 2 is 1.30 bits per heavy atom. The lowest BCUT2D eigenvalue weighted by Gasteiger charge is -2.24. The molecule has 0 fully saturated rings. The highest BCUT2D eigenvalue weighted by atomic mass is 16.3. The molecule has 0 N–H and O–H groups in total. The summed E-state index contributed by atoms with van der Waals surface area (Å²) >= 11 is 0. The van der Waals surface area contributed by atoms with Gasteiger partial charge in [0.1, 0.15) is 11.2 Å². The minimum atomic E-state index is -0.0701. The number of benzene rings is 7. The van der Waals surface area contributed by atoms with Crippen LogP contribution in [0.5, 0.6) is 0 Å². The van der Waals surface area contributed by atoms with Crippen LogP contribution in [0.2, 0.25) is 0 Å². The highest BCUT2D eigenvalue weighted by Gasteiger charge is 2.37. The van der Waals surface area contributed by atoms with E-state index in [1.165, 1.54) is 43.8 Å². The Balaban J connectivity index is 1.11. The van der Waals surface area contributed by atoms with E-state index >= 15 is 0 Å². The van der Waals surface area contributed by atoms with Crippen molar-refractivity contribution in [2.75, 3.05) is 0 Å². The summed E-state index contributed by atoms with van der Waals surface area (Å²) in [6, 6.07) is 52.0. The van der Waals surface area contributed by atoms with E-state index in [0.717, 1.165) is 79.8 Å². The quantitative estimate of drug-likeness (QED) is 0.184. The lowest BCUT2D eigenvalue weighted by molar-refractivity contribution is 0.651. The molecule has 2 aliphatic rings. The molecule has 0 saturated heterocycles. The molecule has 0 atom stereocenters. The number of hydrogen-bond acceptors (Lipinski definition) is 3. The van der Waals surface area contributed by atoms with Gasteiger partial charge < -0.3 is 4.42 Å². The molecule has 2 heterocycles. The lowest BCUT2D eigenvalue weighted by atomic mass is 9.79. The Morgan fingerprint density at radius 1 is 0.556 bits per heavy atom. The zero-order valence-corrected chi connectivity index (χ0v) is 30.2. The second-order valence-corrected chi connectivity index (χ2v) is 15.3. The van der Waals surface area contributed by atoms with Gasteiger partial charge in [0, 0.05) is 38.4 Å². The van der Waals surface area contributed by atoms with Crippen LogP contribution in [0.4, 0.5) is 0 Å². The van der Waals surface area contributed by atoms with Gasteiger partial charge in [0.25, 0.3) is 0 Å². The van der Waals surface area contributed by atoms with E-state index < -0.39 is 0 Å². The number of fused-ring (bicyclic) bond motifs is 8. The summed E-state index contributed by atoms with van der Waals surface area (Å²) in [5.74, 6) is 0.728. The average molecular weight is 693 g/mol. The van der Waals surface area contributed by atoms with Gasteiger partial charge in [-0.3, -0.25) is 0 Å². The SMILES string of the molecule is CC1(C)C2=C(CCC=C2)c2ccc(-c3nc(-c4ccccc4)cc(-c4ccc5oc6c(-c7ccc8ccccc8c7)cc7ccccc7c6c5c4)n3)cc21. The number of rotatable bonds is 4. The number of furan rings is 1. The molecule has 0 saturated carbocycles. The molecule has 9 aromatic rings. The van der Waals surface area contributed by atoms with E-state index in [1.54, 1.807) is 0 Å². The van der Waals surface area contributed by atoms with Crippen LogP contribution in [0.15, 0.2) is 168 Å². The van der Waals surface area contributed by atoms with Gasteiger partial charge in [0.2, 0.25) is 0 Å². The van der Waals surface area contributed by atoms with Gasteiger partial charge in [-0.05, 0) is 105 Å². The standard InChI is InChI=1S/C51H36N2O/c1-51(2)43-19-11-10-18-39(43)40-24-22-37(29-44(40)51)50-52-45(32-13-4-3-5-14-32)30-46(53-50)36-23-25-47-42(28-36)48-38-17-9-8-16-34(38)27-41(49(48)54-47)35-21-20-31-12-6-7-15-33(31)26-35/h3-9,11-17,19-30H,10,18H2,1-2H3. The van der Waals surface area contributed by atoms with Gasteiger partial charge in [-0.2, -0.15) is 0 Å². The smallest absolute Gasteiger partial charge is 0.160 e. The van der Waals surface area contributed by atoms with Crippen LogP contribution in [0.1, 0.15) is 37.8 Å². The van der Waals surface area contributed by atoms with Crippen LogP contribution in [0.25, 0.3) is 94.1 Å².